The maximum absolute atomic E-state index is 6.41. The third-order valence-electron chi connectivity index (χ3n) is 4.96. The van der Waals surface area contributed by atoms with E-state index in [4.69, 9.17) is 27.9 Å². The Morgan fingerprint density at radius 1 is 1.43 bits per heavy atom. The molecule has 1 aliphatic heterocycles. The van der Waals surface area contributed by atoms with Crippen LogP contribution in [0.1, 0.15) is 57.1 Å². The Kier molecular flexibility index (Phi) is 5.17. The molecule has 1 spiro atoms. The second-order valence-corrected chi connectivity index (χ2v) is 8.59. The van der Waals surface area contributed by atoms with E-state index in [1.165, 1.54) is 42.6 Å². The van der Waals surface area contributed by atoms with E-state index in [9.17, 15) is 0 Å². The van der Waals surface area contributed by atoms with Crippen molar-refractivity contribution in [2.75, 3.05) is 13.2 Å². The van der Waals surface area contributed by atoms with Gasteiger partial charge in [0.05, 0.1) is 14.3 Å². The molecule has 21 heavy (non-hydrogen) atoms. The lowest BCUT2D eigenvalue weighted by atomic mass is 9.79. The Hall–Kier alpha value is 0.200. The van der Waals surface area contributed by atoms with Gasteiger partial charge in [0, 0.05) is 18.2 Å². The first-order valence-corrected chi connectivity index (χ1v) is 9.53. The van der Waals surface area contributed by atoms with Gasteiger partial charge in [0.2, 0.25) is 0 Å². The molecule has 1 saturated carbocycles. The van der Waals surface area contributed by atoms with Gasteiger partial charge in [-0.3, -0.25) is 0 Å². The van der Waals surface area contributed by atoms with Crippen LogP contribution in [-0.4, -0.2) is 18.8 Å². The zero-order valence-electron chi connectivity index (χ0n) is 12.5. The molecule has 2 nitrogen and oxygen atoms in total. The zero-order chi connectivity index (χ0) is 14.9. The molecule has 1 aliphatic carbocycles. The van der Waals surface area contributed by atoms with Crippen molar-refractivity contribution < 1.29 is 4.74 Å². The van der Waals surface area contributed by atoms with E-state index >= 15 is 0 Å². The molecule has 1 N–H and O–H groups in total. The second kappa shape index (κ2) is 6.76. The molecule has 2 fully saturated rings. The van der Waals surface area contributed by atoms with E-state index in [1.807, 2.05) is 6.07 Å². The van der Waals surface area contributed by atoms with Crippen LogP contribution in [0.3, 0.4) is 0 Å². The Labute approximate surface area is 141 Å². The van der Waals surface area contributed by atoms with Crippen molar-refractivity contribution in [1.29, 1.82) is 0 Å². The van der Waals surface area contributed by atoms with Crippen molar-refractivity contribution in [1.82, 2.24) is 5.32 Å². The SMILES string of the molecule is CCNC(c1cc(Cl)sc1Cl)C1CCOC2(CCCC2)C1. The minimum absolute atomic E-state index is 0.142. The minimum atomic E-state index is 0.142. The van der Waals surface area contributed by atoms with Gasteiger partial charge >= 0.3 is 0 Å². The molecule has 2 heterocycles. The quantitative estimate of drug-likeness (QED) is 0.782. The van der Waals surface area contributed by atoms with Crippen LogP contribution >= 0.6 is 34.5 Å². The van der Waals surface area contributed by atoms with Gasteiger partial charge in [0.25, 0.3) is 0 Å². The van der Waals surface area contributed by atoms with Crippen LogP contribution in [0.25, 0.3) is 0 Å². The number of halogens is 2. The zero-order valence-corrected chi connectivity index (χ0v) is 14.8. The summed E-state index contributed by atoms with van der Waals surface area (Å²) in [5.41, 5.74) is 1.32. The first-order chi connectivity index (χ1) is 10.1. The normalized spacial score (nSPS) is 26.3. The van der Waals surface area contributed by atoms with Crippen molar-refractivity contribution in [2.24, 2.45) is 5.92 Å². The van der Waals surface area contributed by atoms with Gasteiger partial charge in [-0.05, 0) is 44.2 Å². The van der Waals surface area contributed by atoms with E-state index in [2.05, 4.69) is 12.2 Å². The lowest BCUT2D eigenvalue weighted by molar-refractivity contribution is -0.0981. The summed E-state index contributed by atoms with van der Waals surface area (Å²) in [6.07, 6.45) is 7.31. The van der Waals surface area contributed by atoms with E-state index in [1.54, 1.807) is 0 Å². The third kappa shape index (κ3) is 3.42. The summed E-state index contributed by atoms with van der Waals surface area (Å²) < 4.78 is 7.78. The predicted molar refractivity (Wildman–Crippen MR) is 90.6 cm³/mol. The Bertz CT molecular complexity index is 485. The van der Waals surface area contributed by atoms with Gasteiger partial charge in [-0.1, -0.05) is 43.0 Å². The van der Waals surface area contributed by atoms with Crippen LogP contribution in [0.15, 0.2) is 6.07 Å². The topological polar surface area (TPSA) is 21.3 Å². The molecule has 2 unspecified atom stereocenters. The Morgan fingerprint density at radius 2 is 2.19 bits per heavy atom. The van der Waals surface area contributed by atoms with Gasteiger partial charge in [-0.15, -0.1) is 11.3 Å². The lowest BCUT2D eigenvalue weighted by Gasteiger charge is -2.41. The maximum atomic E-state index is 6.41. The van der Waals surface area contributed by atoms with Crippen molar-refractivity contribution >= 4 is 34.5 Å². The first kappa shape index (κ1) is 16.1. The molecular formula is C16H23Cl2NOS. The number of ether oxygens (including phenoxy) is 1. The van der Waals surface area contributed by atoms with Gasteiger partial charge in [-0.25, -0.2) is 0 Å². The van der Waals surface area contributed by atoms with Crippen LogP contribution in [0.4, 0.5) is 0 Å². The monoisotopic (exact) mass is 347 g/mol. The predicted octanol–water partition coefficient (Wildman–Crippen LogP) is 5.44. The van der Waals surface area contributed by atoms with Crippen LogP contribution in [0.5, 0.6) is 0 Å². The molecule has 2 aliphatic rings. The highest BCUT2D eigenvalue weighted by molar-refractivity contribution is 7.20. The highest BCUT2D eigenvalue weighted by atomic mass is 35.5. The van der Waals surface area contributed by atoms with Gasteiger partial charge in [0.1, 0.15) is 0 Å². The van der Waals surface area contributed by atoms with Crippen molar-refractivity contribution in [2.45, 2.75) is 57.1 Å². The fraction of sp³-hybridized carbons (Fsp3) is 0.750. The van der Waals surface area contributed by atoms with Crippen LogP contribution in [-0.2, 0) is 4.74 Å². The molecule has 2 atom stereocenters. The smallest absolute Gasteiger partial charge is 0.0992 e. The van der Waals surface area contributed by atoms with Crippen LogP contribution in [0, 0.1) is 5.92 Å². The molecule has 0 amide bonds. The summed E-state index contributed by atoms with van der Waals surface area (Å²) in [6, 6.07) is 2.34. The summed E-state index contributed by atoms with van der Waals surface area (Å²) in [4.78, 5) is 0. The number of hydrogen-bond acceptors (Lipinski definition) is 3. The average molecular weight is 348 g/mol. The summed E-state index contributed by atoms with van der Waals surface area (Å²) >= 11 is 14.0. The highest BCUT2D eigenvalue weighted by Crippen LogP contribution is 2.47. The van der Waals surface area contributed by atoms with Crippen molar-refractivity contribution in [3.63, 3.8) is 0 Å². The molecule has 3 rings (SSSR count). The fourth-order valence-electron chi connectivity index (χ4n) is 4.03. The van der Waals surface area contributed by atoms with Crippen LogP contribution in [0.2, 0.25) is 8.67 Å². The molecule has 118 valence electrons. The van der Waals surface area contributed by atoms with E-state index in [0.29, 0.717) is 12.0 Å². The molecule has 1 aromatic rings. The second-order valence-electron chi connectivity index (χ2n) is 6.31. The summed E-state index contributed by atoms with van der Waals surface area (Å²) in [7, 11) is 0. The largest absolute Gasteiger partial charge is 0.375 e. The number of rotatable bonds is 4. The van der Waals surface area contributed by atoms with E-state index in [0.717, 1.165) is 34.7 Å². The molecular weight excluding hydrogens is 325 g/mol. The molecule has 1 saturated heterocycles. The molecule has 0 aromatic carbocycles. The number of nitrogens with one attached hydrogen (secondary N) is 1. The van der Waals surface area contributed by atoms with Gasteiger partial charge in [-0.2, -0.15) is 0 Å². The third-order valence-corrected chi connectivity index (χ3v) is 6.48. The standard InChI is InChI=1S/C16H23Cl2NOS/c1-2-19-14(12-9-13(17)21-15(12)18)11-5-8-20-16(10-11)6-3-4-7-16/h9,11,14,19H,2-8,10H2,1H3. The fourth-order valence-corrected chi connectivity index (χ4v) is 5.58. The maximum Gasteiger partial charge on any atom is 0.0992 e. The molecule has 5 heteroatoms. The number of thiophene rings is 1. The van der Waals surface area contributed by atoms with Gasteiger partial charge < -0.3 is 10.1 Å². The Morgan fingerprint density at radius 3 is 2.81 bits per heavy atom. The highest BCUT2D eigenvalue weighted by Gasteiger charge is 2.42. The van der Waals surface area contributed by atoms with Crippen molar-refractivity contribution in [3.8, 4) is 0 Å². The van der Waals surface area contributed by atoms with Crippen LogP contribution < -0.4 is 5.32 Å². The lowest BCUT2D eigenvalue weighted by Crippen LogP contribution is -2.42. The first-order valence-electron chi connectivity index (χ1n) is 7.95. The van der Waals surface area contributed by atoms with Gasteiger partial charge in [0.15, 0.2) is 0 Å². The van der Waals surface area contributed by atoms with Crippen molar-refractivity contribution in [3.05, 3.63) is 20.3 Å². The molecule has 1 aromatic heterocycles. The van der Waals surface area contributed by atoms with E-state index < -0.39 is 0 Å². The summed E-state index contributed by atoms with van der Waals surface area (Å²) in [5, 5.41) is 3.64. The molecule has 0 bridgehead atoms. The Balaban J connectivity index is 1.81. The average Bonchev–Trinajstić information content (AvgIpc) is 3.03. The summed E-state index contributed by atoms with van der Waals surface area (Å²) in [6.45, 7) is 3.97. The number of hydrogen-bond donors (Lipinski definition) is 1. The minimum Gasteiger partial charge on any atom is -0.375 e. The molecule has 0 radical (unpaired) electrons. The van der Waals surface area contributed by atoms with E-state index in [-0.39, 0.29) is 5.60 Å². The summed E-state index contributed by atoms with van der Waals surface area (Å²) in [5.74, 6) is 0.583.